The molecule has 1 aromatic rings. The summed E-state index contributed by atoms with van der Waals surface area (Å²) < 4.78 is 0.339. The van der Waals surface area contributed by atoms with Crippen LogP contribution >= 0.6 is 22.6 Å². The van der Waals surface area contributed by atoms with Crippen molar-refractivity contribution >= 4 is 28.6 Å². The van der Waals surface area contributed by atoms with E-state index in [2.05, 4.69) is 4.89 Å². The molecule has 1 rings (SSSR count). The van der Waals surface area contributed by atoms with Crippen LogP contribution < -0.4 is 4.89 Å². The van der Waals surface area contributed by atoms with Crippen LogP contribution in [0.5, 0.6) is 5.75 Å². The molecule has 13 heavy (non-hydrogen) atoms. The number of carbonyl (C=O) groups is 1. The summed E-state index contributed by atoms with van der Waals surface area (Å²) in [5, 5.41) is 8.73. The number of benzene rings is 1. The molecule has 0 unspecified atom stereocenters. The van der Waals surface area contributed by atoms with E-state index < -0.39 is 5.97 Å². The van der Waals surface area contributed by atoms with Gasteiger partial charge in [0.1, 0.15) is 10.2 Å². The Balaban J connectivity index is 2.84. The fourth-order valence-electron chi connectivity index (χ4n) is 0.802. The second-order valence-electron chi connectivity index (χ2n) is 2.11. The topological polar surface area (TPSA) is 55.8 Å². The third kappa shape index (κ3) is 2.85. The van der Waals surface area contributed by atoms with Crippen LogP contribution in [-0.2, 0) is 4.89 Å². The number of hydrogen-bond acceptors (Lipinski definition) is 3. The zero-order chi connectivity index (χ0) is 9.68. The van der Waals surface area contributed by atoms with Crippen molar-refractivity contribution < 1.29 is 19.7 Å². The Morgan fingerprint density at radius 2 is 2.15 bits per heavy atom. The number of halogens is 1. The predicted octanol–water partition coefficient (Wildman–Crippen LogP) is 2.09. The summed E-state index contributed by atoms with van der Waals surface area (Å²) in [5.41, 5.74) is 0.0901. The van der Waals surface area contributed by atoms with Crippen molar-refractivity contribution in [3.63, 3.8) is 0 Å². The van der Waals surface area contributed by atoms with Crippen LogP contribution in [0.25, 0.3) is 0 Å². The van der Waals surface area contributed by atoms with Gasteiger partial charge in [-0.1, -0.05) is 34.7 Å². The fourth-order valence-corrected chi connectivity index (χ4v) is 0.929. The molecule has 5 heteroatoms. The number of hydrogen-bond donors (Lipinski definition) is 1. The molecule has 0 amide bonds. The third-order valence-electron chi connectivity index (χ3n) is 1.31. The highest BCUT2D eigenvalue weighted by Gasteiger charge is 2.10. The Morgan fingerprint density at radius 1 is 1.46 bits per heavy atom. The van der Waals surface area contributed by atoms with Gasteiger partial charge in [-0.3, -0.25) is 0 Å². The van der Waals surface area contributed by atoms with Gasteiger partial charge in [0.15, 0.2) is 5.75 Å². The average Bonchev–Trinajstić information content (AvgIpc) is 2.15. The minimum atomic E-state index is -1.03. The second-order valence-corrected chi connectivity index (χ2v) is 2.73. The monoisotopic (exact) mass is 294 g/mol. The first kappa shape index (κ1) is 10.3. The molecule has 0 atom stereocenters. The van der Waals surface area contributed by atoms with Gasteiger partial charge >= 0.3 is 5.97 Å². The van der Waals surface area contributed by atoms with Gasteiger partial charge in [-0.25, -0.2) is 4.79 Å². The van der Waals surface area contributed by atoms with E-state index in [4.69, 9.17) is 9.99 Å². The van der Waals surface area contributed by atoms with E-state index in [9.17, 15) is 4.79 Å². The molecule has 0 saturated heterocycles. The van der Waals surface area contributed by atoms with Crippen molar-refractivity contribution in [1.29, 1.82) is 0 Å². The summed E-state index contributed by atoms with van der Waals surface area (Å²) in [4.78, 5) is 20.0. The number of carboxylic acids is 1. The Morgan fingerprint density at radius 3 is 2.77 bits per heavy atom. The molecule has 0 aliphatic heterocycles. The van der Waals surface area contributed by atoms with E-state index in [0.717, 1.165) is 0 Å². The van der Waals surface area contributed by atoms with Gasteiger partial charge in [-0.05, 0) is 12.1 Å². The van der Waals surface area contributed by atoms with Gasteiger partial charge in [0.2, 0.25) is 0 Å². The lowest BCUT2D eigenvalue weighted by Gasteiger charge is -2.04. The lowest BCUT2D eigenvalue weighted by Crippen LogP contribution is -2.02. The van der Waals surface area contributed by atoms with Crippen LogP contribution in [0, 0.1) is 0 Å². The molecule has 0 heterocycles. The van der Waals surface area contributed by atoms with Crippen LogP contribution in [0.15, 0.2) is 24.3 Å². The van der Waals surface area contributed by atoms with E-state index in [1.54, 1.807) is 12.1 Å². The van der Waals surface area contributed by atoms with E-state index in [0.29, 0.717) is 4.61 Å². The number of rotatable bonds is 4. The molecule has 0 fully saturated rings. The van der Waals surface area contributed by atoms with E-state index >= 15 is 0 Å². The number of para-hydroxylation sites is 1. The molecule has 0 bridgehead atoms. The number of carboxylic acid groups (broad SMARTS) is 1. The lowest BCUT2D eigenvalue weighted by molar-refractivity contribution is -0.182. The Kier molecular flexibility index (Phi) is 3.97. The van der Waals surface area contributed by atoms with Gasteiger partial charge in [-0.15, -0.1) is 0 Å². The summed E-state index contributed by atoms with van der Waals surface area (Å²) >= 11 is 1.95. The minimum absolute atomic E-state index is 0.0901. The standard InChI is InChI=1S/C8H7IO4/c9-5-12-13-7-4-2-1-3-6(7)8(10)11/h1-4H,5H2,(H,10,11). The highest BCUT2D eigenvalue weighted by Crippen LogP contribution is 2.17. The molecule has 0 saturated carbocycles. The quantitative estimate of drug-likeness (QED) is 0.400. The molecular formula is C8H7IO4. The van der Waals surface area contributed by atoms with Crippen LogP contribution in [0.3, 0.4) is 0 Å². The summed E-state index contributed by atoms with van der Waals surface area (Å²) in [6.45, 7) is 0. The Hall–Kier alpha value is -0.820. The molecule has 0 radical (unpaired) electrons. The van der Waals surface area contributed by atoms with Gasteiger partial charge in [0.05, 0.1) is 0 Å². The first-order valence-electron chi connectivity index (χ1n) is 3.43. The molecular weight excluding hydrogens is 287 g/mol. The van der Waals surface area contributed by atoms with Gasteiger partial charge < -0.3 is 9.99 Å². The fraction of sp³-hybridized carbons (Fsp3) is 0.125. The van der Waals surface area contributed by atoms with Crippen molar-refractivity contribution in [3.05, 3.63) is 29.8 Å². The van der Waals surface area contributed by atoms with Gasteiger partial charge in [-0.2, -0.15) is 4.89 Å². The summed E-state index contributed by atoms with van der Waals surface area (Å²) in [7, 11) is 0. The smallest absolute Gasteiger partial charge is 0.339 e. The molecule has 0 spiro atoms. The van der Waals surface area contributed by atoms with Crippen molar-refractivity contribution in [2.45, 2.75) is 0 Å². The number of alkyl halides is 1. The summed E-state index contributed by atoms with van der Waals surface area (Å²) in [5.74, 6) is -0.820. The highest BCUT2D eigenvalue weighted by atomic mass is 127. The molecule has 4 nitrogen and oxygen atoms in total. The molecule has 1 N–H and O–H groups in total. The zero-order valence-corrected chi connectivity index (χ0v) is 8.72. The van der Waals surface area contributed by atoms with Crippen LogP contribution in [0.4, 0.5) is 0 Å². The average molecular weight is 294 g/mol. The van der Waals surface area contributed by atoms with Crippen LogP contribution in [-0.4, -0.2) is 15.7 Å². The van der Waals surface area contributed by atoms with Crippen molar-refractivity contribution in [3.8, 4) is 5.75 Å². The van der Waals surface area contributed by atoms with Gasteiger partial charge in [0.25, 0.3) is 0 Å². The largest absolute Gasteiger partial charge is 0.478 e. The summed E-state index contributed by atoms with van der Waals surface area (Å²) in [6, 6.07) is 6.29. The maximum Gasteiger partial charge on any atom is 0.339 e. The van der Waals surface area contributed by atoms with Crippen molar-refractivity contribution in [2.24, 2.45) is 0 Å². The molecule has 1 aromatic carbocycles. The SMILES string of the molecule is O=C(O)c1ccccc1OOCI. The third-order valence-corrected chi connectivity index (χ3v) is 1.56. The van der Waals surface area contributed by atoms with Crippen LogP contribution in [0.2, 0.25) is 0 Å². The first-order valence-corrected chi connectivity index (χ1v) is 4.96. The normalized spacial score (nSPS) is 9.62. The van der Waals surface area contributed by atoms with Crippen LogP contribution in [0.1, 0.15) is 10.4 Å². The maximum atomic E-state index is 10.6. The Labute approximate surface area is 88.5 Å². The minimum Gasteiger partial charge on any atom is -0.478 e. The lowest BCUT2D eigenvalue weighted by atomic mass is 10.2. The molecule has 70 valence electrons. The predicted molar refractivity (Wildman–Crippen MR) is 54.0 cm³/mol. The highest BCUT2D eigenvalue weighted by molar-refractivity contribution is 14.1. The first-order chi connectivity index (χ1) is 6.25. The van der Waals surface area contributed by atoms with E-state index in [1.165, 1.54) is 12.1 Å². The second kappa shape index (κ2) is 5.03. The molecule has 0 aliphatic rings. The maximum absolute atomic E-state index is 10.6. The Bertz CT molecular complexity index is 300. The molecule has 0 aliphatic carbocycles. The van der Waals surface area contributed by atoms with Crippen molar-refractivity contribution in [2.75, 3.05) is 4.61 Å². The molecule has 0 aromatic heterocycles. The number of aromatic carboxylic acids is 1. The summed E-state index contributed by atoms with van der Waals surface area (Å²) in [6.07, 6.45) is 0. The zero-order valence-electron chi connectivity index (χ0n) is 6.57. The van der Waals surface area contributed by atoms with Gasteiger partial charge in [0, 0.05) is 0 Å². The van der Waals surface area contributed by atoms with E-state index in [1.807, 2.05) is 22.6 Å². The van der Waals surface area contributed by atoms with Crippen molar-refractivity contribution in [1.82, 2.24) is 0 Å². The van der Waals surface area contributed by atoms with E-state index in [-0.39, 0.29) is 11.3 Å².